The average Bonchev–Trinajstić information content (AvgIpc) is 2.18. The standard InChI is InChI=1S/C9H16BNO3/c1-3-9(12)14-8-5-4-6-11(7-8)10(2)13/h3,8,13H,1,4-7H2,2H3/t8-/m1/s1. The summed E-state index contributed by atoms with van der Waals surface area (Å²) in [6.45, 7) is 6.53. The van der Waals surface area contributed by atoms with Gasteiger partial charge >= 0.3 is 13.0 Å². The van der Waals surface area contributed by atoms with Gasteiger partial charge in [0.05, 0.1) is 0 Å². The zero-order valence-corrected chi connectivity index (χ0v) is 8.48. The Morgan fingerprint density at radius 2 is 2.50 bits per heavy atom. The molecule has 0 aliphatic carbocycles. The first-order valence-corrected chi connectivity index (χ1v) is 4.88. The summed E-state index contributed by atoms with van der Waals surface area (Å²) in [7, 11) is -0.472. The van der Waals surface area contributed by atoms with E-state index < -0.39 is 7.05 Å². The molecule has 14 heavy (non-hydrogen) atoms. The number of piperidine rings is 1. The van der Waals surface area contributed by atoms with E-state index >= 15 is 0 Å². The maximum absolute atomic E-state index is 10.9. The Labute approximate surface area is 84.7 Å². The van der Waals surface area contributed by atoms with Gasteiger partial charge < -0.3 is 14.6 Å². The second-order valence-corrected chi connectivity index (χ2v) is 3.53. The molecular formula is C9H16BNO3. The van der Waals surface area contributed by atoms with Crippen LogP contribution < -0.4 is 0 Å². The van der Waals surface area contributed by atoms with Crippen LogP contribution in [0.4, 0.5) is 0 Å². The van der Waals surface area contributed by atoms with Gasteiger partial charge in [-0.3, -0.25) is 0 Å². The number of ether oxygens (including phenoxy) is 1. The Morgan fingerprint density at radius 1 is 1.79 bits per heavy atom. The lowest BCUT2D eigenvalue weighted by molar-refractivity contribution is -0.144. The number of hydrogen-bond acceptors (Lipinski definition) is 4. The molecule has 0 aromatic heterocycles. The maximum atomic E-state index is 10.9. The fraction of sp³-hybridized carbons (Fsp3) is 0.667. The maximum Gasteiger partial charge on any atom is 0.376 e. The Bertz CT molecular complexity index is 220. The molecule has 0 spiro atoms. The van der Waals surface area contributed by atoms with Crippen molar-refractivity contribution in [3.8, 4) is 0 Å². The van der Waals surface area contributed by atoms with Crippen molar-refractivity contribution < 1.29 is 14.6 Å². The topological polar surface area (TPSA) is 49.8 Å². The molecule has 1 N–H and O–H groups in total. The molecule has 4 nitrogen and oxygen atoms in total. The number of rotatable bonds is 3. The molecule has 0 saturated carbocycles. The summed E-state index contributed by atoms with van der Waals surface area (Å²) in [4.78, 5) is 12.8. The zero-order chi connectivity index (χ0) is 10.6. The van der Waals surface area contributed by atoms with Crippen molar-refractivity contribution in [2.24, 2.45) is 0 Å². The SMILES string of the molecule is C=CC(=O)O[C@@H]1CCCN(B(C)O)C1. The largest absolute Gasteiger partial charge is 0.458 e. The molecule has 78 valence electrons. The van der Waals surface area contributed by atoms with E-state index in [9.17, 15) is 9.82 Å². The first-order chi connectivity index (χ1) is 6.63. The smallest absolute Gasteiger partial charge is 0.376 e. The van der Waals surface area contributed by atoms with Crippen LogP contribution in [0.5, 0.6) is 0 Å². The third-order valence-electron chi connectivity index (χ3n) is 2.39. The van der Waals surface area contributed by atoms with Gasteiger partial charge in [0, 0.05) is 12.6 Å². The van der Waals surface area contributed by atoms with Crippen molar-refractivity contribution in [1.29, 1.82) is 0 Å². The number of carbonyl (C=O) groups excluding carboxylic acids is 1. The monoisotopic (exact) mass is 197 g/mol. The molecule has 1 atom stereocenters. The molecule has 5 heteroatoms. The van der Waals surface area contributed by atoms with E-state index in [0.29, 0.717) is 6.54 Å². The normalized spacial score (nSPS) is 22.9. The van der Waals surface area contributed by atoms with Gasteiger partial charge in [-0.2, -0.15) is 0 Å². The number of carbonyl (C=O) groups is 1. The van der Waals surface area contributed by atoms with Crippen LogP contribution in [-0.4, -0.2) is 42.0 Å². The molecule has 0 unspecified atom stereocenters. The van der Waals surface area contributed by atoms with Crippen molar-refractivity contribution in [2.75, 3.05) is 13.1 Å². The van der Waals surface area contributed by atoms with Crippen LogP contribution >= 0.6 is 0 Å². The Morgan fingerprint density at radius 3 is 3.07 bits per heavy atom. The van der Waals surface area contributed by atoms with Crippen LogP contribution in [0.25, 0.3) is 0 Å². The molecule has 1 heterocycles. The fourth-order valence-electron chi connectivity index (χ4n) is 1.61. The molecule has 0 bridgehead atoms. The highest BCUT2D eigenvalue weighted by Crippen LogP contribution is 2.13. The van der Waals surface area contributed by atoms with Crippen molar-refractivity contribution in [3.63, 3.8) is 0 Å². The van der Waals surface area contributed by atoms with Crippen LogP contribution in [0.2, 0.25) is 6.82 Å². The van der Waals surface area contributed by atoms with Crippen molar-refractivity contribution >= 4 is 13.0 Å². The molecule has 0 aromatic carbocycles. The van der Waals surface area contributed by atoms with Crippen LogP contribution in [-0.2, 0) is 9.53 Å². The van der Waals surface area contributed by atoms with Crippen molar-refractivity contribution in [2.45, 2.75) is 25.8 Å². The molecule has 1 fully saturated rings. The average molecular weight is 197 g/mol. The van der Waals surface area contributed by atoms with E-state index in [1.165, 1.54) is 6.08 Å². The number of nitrogens with zero attached hydrogens (tertiary/aromatic N) is 1. The minimum Gasteiger partial charge on any atom is -0.458 e. The minimum absolute atomic E-state index is 0.108. The predicted molar refractivity (Wildman–Crippen MR) is 54.7 cm³/mol. The highest BCUT2D eigenvalue weighted by Gasteiger charge is 2.26. The Kier molecular flexibility index (Phi) is 4.16. The van der Waals surface area contributed by atoms with Gasteiger partial charge in [0.2, 0.25) is 0 Å². The highest BCUT2D eigenvalue weighted by atomic mass is 16.5. The van der Waals surface area contributed by atoms with Gasteiger partial charge in [0.1, 0.15) is 6.10 Å². The molecular weight excluding hydrogens is 181 g/mol. The summed E-state index contributed by atoms with van der Waals surface area (Å²) in [5, 5.41) is 9.35. The predicted octanol–water partition coefficient (Wildman–Crippen LogP) is 0.290. The van der Waals surface area contributed by atoms with Crippen LogP contribution in [0.15, 0.2) is 12.7 Å². The van der Waals surface area contributed by atoms with E-state index in [4.69, 9.17) is 4.74 Å². The summed E-state index contributed by atoms with van der Waals surface area (Å²) in [5.41, 5.74) is 0. The van der Waals surface area contributed by atoms with Gasteiger partial charge in [-0.1, -0.05) is 6.58 Å². The lowest BCUT2D eigenvalue weighted by Gasteiger charge is -2.32. The molecule has 1 aliphatic heterocycles. The molecule has 0 radical (unpaired) electrons. The van der Waals surface area contributed by atoms with Gasteiger partial charge in [0.25, 0.3) is 0 Å². The molecule has 1 aliphatic rings. The van der Waals surface area contributed by atoms with Gasteiger partial charge in [0.15, 0.2) is 0 Å². The first kappa shape index (κ1) is 11.3. The molecule has 1 saturated heterocycles. The number of esters is 1. The summed E-state index contributed by atoms with van der Waals surface area (Å²) in [6.07, 6.45) is 2.87. The second kappa shape index (κ2) is 5.17. The second-order valence-electron chi connectivity index (χ2n) is 3.53. The lowest BCUT2D eigenvalue weighted by atomic mass is 9.82. The third-order valence-corrected chi connectivity index (χ3v) is 2.39. The van der Waals surface area contributed by atoms with E-state index in [-0.39, 0.29) is 12.1 Å². The fourth-order valence-corrected chi connectivity index (χ4v) is 1.61. The quantitative estimate of drug-likeness (QED) is 0.401. The molecule has 0 amide bonds. The Hall–Kier alpha value is -0.805. The molecule has 1 rings (SSSR count). The summed E-state index contributed by atoms with van der Waals surface area (Å²) in [5.74, 6) is -0.387. The van der Waals surface area contributed by atoms with Crippen LogP contribution in [0.1, 0.15) is 12.8 Å². The van der Waals surface area contributed by atoms with E-state index in [1.54, 1.807) is 6.82 Å². The summed E-state index contributed by atoms with van der Waals surface area (Å²) < 4.78 is 5.11. The van der Waals surface area contributed by atoms with E-state index in [2.05, 4.69) is 6.58 Å². The first-order valence-electron chi connectivity index (χ1n) is 4.88. The van der Waals surface area contributed by atoms with Crippen LogP contribution in [0, 0.1) is 0 Å². The summed E-state index contributed by atoms with van der Waals surface area (Å²) >= 11 is 0. The van der Waals surface area contributed by atoms with Gasteiger partial charge in [-0.15, -0.1) is 0 Å². The summed E-state index contributed by atoms with van der Waals surface area (Å²) in [6, 6.07) is 0. The van der Waals surface area contributed by atoms with Gasteiger partial charge in [-0.25, -0.2) is 4.79 Å². The molecule has 0 aromatic rings. The zero-order valence-electron chi connectivity index (χ0n) is 8.48. The minimum atomic E-state index is -0.472. The van der Waals surface area contributed by atoms with E-state index in [0.717, 1.165) is 19.4 Å². The Balaban J connectivity index is 2.39. The van der Waals surface area contributed by atoms with Gasteiger partial charge in [-0.05, 0) is 26.2 Å². The lowest BCUT2D eigenvalue weighted by Crippen LogP contribution is -2.47. The van der Waals surface area contributed by atoms with Crippen molar-refractivity contribution in [3.05, 3.63) is 12.7 Å². The van der Waals surface area contributed by atoms with E-state index in [1.807, 2.05) is 4.81 Å². The third kappa shape index (κ3) is 3.16. The van der Waals surface area contributed by atoms with Crippen LogP contribution in [0.3, 0.4) is 0 Å². The number of hydrogen-bond donors (Lipinski definition) is 1. The highest BCUT2D eigenvalue weighted by molar-refractivity contribution is 6.45. The van der Waals surface area contributed by atoms with Crippen molar-refractivity contribution in [1.82, 2.24) is 4.81 Å².